The molecule has 0 aliphatic rings. The largest absolute Gasteiger partial charge is 0.326 e. The summed E-state index contributed by atoms with van der Waals surface area (Å²) < 4.78 is 0. The Morgan fingerprint density at radius 3 is 0.938 bits per heavy atom. The molecule has 0 bridgehead atoms. The lowest BCUT2D eigenvalue weighted by Gasteiger charge is -2.11. The molecule has 274 valence electrons. The van der Waals surface area contributed by atoms with E-state index < -0.39 is 0 Å². The standard InChI is InChI=1S/C44H76N2O2/c1-4-7-9-11-13-15-17-19-21-23-25-27-29-31-33-35-43(47)45-41-37-40(6-3)38-42(39-41)46-44(48)36-34-32-30-28-26-24-22-20-18-16-14-12-10-8-5-2/h3,37-39H,4-5,7-36H2,1-2H3,(H,45,47)(H,46,48). The molecule has 4 heteroatoms. The lowest BCUT2D eigenvalue weighted by atomic mass is 10.0. The summed E-state index contributed by atoms with van der Waals surface area (Å²) in [4.78, 5) is 25.2. The predicted octanol–water partition coefficient (Wildman–Crippen LogP) is 14.1. The highest BCUT2D eigenvalue weighted by atomic mass is 16.2. The van der Waals surface area contributed by atoms with Gasteiger partial charge in [-0.15, -0.1) is 6.42 Å². The molecular formula is C44H76N2O2. The molecule has 1 aromatic rings. The average molecular weight is 665 g/mol. The van der Waals surface area contributed by atoms with Crippen molar-refractivity contribution in [3.63, 3.8) is 0 Å². The molecule has 4 nitrogen and oxygen atoms in total. The molecule has 0 spiro atoms. The van der Waals surface area contributed by atoms with Gasteiger partial charge in [-0.2, -0.15) is 0 Å². The first-order chi connectivity index (χ1) is 23.6. The first-order valence-corrected chi connectivity index (χ1v) is 20.8. The SMILES string of the molecule is C#Cc1cc(NC(=O)CCCCCCCCCCCCCCCCC)cc(NC(=O)CCCCCCCCCCCCCCCCC)c1. The molecule has 0 saturated heterocycles. The van der Waals surface area contributed by atoms with Gasteiger partial charge in [-0.25, -0.2) is 0 Å². The topological polar surface area (TPSA) is 58.2 Å². The number of amides is 2. The Balaban J connectivity index is 2.09. The van der Waals surface area contributed by atoms with E-state index in [1.54, 1.807) is 12.1 Å². The third-order valence-corrected chi connectivity index (χ3v) is 9.68. The molecule has 0 saturated carbocycles. The summed E-state index contributed by atoms with van der Waals surface area (Å²) in [5, 5.41) is 5.99. The molecule has 0 heterocycles. The summed E-state index contributed by atoms with van der Waals surface area (Å²) in [6, 6.07) is 5.42. The second kappa shape index (κ2) is 33.2. The van der Waals surface area contributed by atoms with Crippen molar-refractivity contribution in [1.29, 1.82) is 0 Å². The van der Waals surface area contributed by atoms with Crippen LogP contribution in [0.4, 0.5) is 11.4 Å². The maximum atomic E-state index is 12.6. The Labute approximate surface area is 298 Å². The van der Waals surface area contributed by atoms with Crippen LogP contribution in [0.15, 0.2) is 18.2 Å². The smallest absolute Gasteiger partial charge is 0.224 e. The number of anilines is 2. The third kappa shape index (κ3) is 27.6. The molecule has 2 N–H and O–H groups in total. The molecular weight excluding hydrogens is 588 g/mol. The van der Waals surface area contributed by atoms with Crippen LogP contribution in [0.1, 0.15) is 225 Å². The van der Waals surface area contributed by atoms with Gasteiger partial charge in [-0.1, -0.05) is 200 Å². The van der Waals surface area contributed by atoms with Crippen molar-refractivity contribution in [1.82, 2.24) is 0 Å². The maximum absolute atomic E-state index is 12.6. The van der Waals surface area contributed by atoms with E-state index in [-0.39, 0.29) is 11.8 Å². The second-order valence-electron chi connectivity index (χ2n) is 14.4. The van der Waals surface area contributed by atoms with Gasteiger partial charge in [0.2, 0.25) is 11.8 Å². The van der Waals surface area contributed by atoms with E-state index in [1.807, 2.05) is 6.07 Å². The van der Waals surface area contributed by atoms with E-state index in [0.29, 0.717) is 29.8 Å². The number of benzene rings is 1. The van der Waals surface area contributed by atoms with Crippen LogP contribution in [0.5, 0.6) is 0 Å². The molecule has 0 fully saturated rings. The summed E-state index contributed by atoms with van der Waals surface area (Å²) in [6.07, 6.45) is 46.1. The number of unbranched alkanes of at least 4 members (excludes halogenated alkanes) is 28. The molecule has 0 aliphatic carbocycles. The Bertz CT molecular complexity index is 883. The van der Waals surface area contributed by atoms with Gasteiger partial charge in [0.15, 0.2) is 0 Å². The summed E-state index contributed by atoms with van der Waals surface area (Å²) in [5.74, 6) is 2.67. The van der Waals surface area contributed by atoms with Crippen LogP contribution < -0.4 is 10.6 Å². The van der Waals surface area contributed by atoms with E-state index in [1.165, 1.54) is 167 Å². The second-order valence-corrected chi connectivity index (χ2v) is 14.4. The van der Waals surface area contributed by atoms with Crippen molar-refractivity contribution in [2.75, 3.05) is 10.6 Å². The molecule has 2 amide bonds. The number of terminal acetylenes is 1. The van der Waals surface area contributed by atoms with E-state index in [0.717, 1.165) is 25.7 Å². The van der Waals surface area contributed by atoms with E-state index in [4.69, 9.17) is 6.42 Å². The normalized spacial score (nSPS) is 11.0. The van der Waals surface area contributed by atoms with Crippen LogP contribution in [0.2, 0.25) is 0 Å². The van der Waals surface area contributed by atoms with Crippen molar-refractivity contribution in [2.45, 2.75) is 219 Å². The van der Waals surface area contributed by atoms with Gasteiger partial charge in [0.25, 0.3) is 0 Å². The van der Waals surface area contributed by atoms with Crippen molar-refractivity contribution in [3.05, 3.63) is 23.8 Å². The van der Waals surface area contributed by atoms with E-state index in [9.17, 15) is 9.59 Å². The number of nitrogens with one attached hydrogen (secondary N) is 2. The van der Waals surface area contributed by atoms with E-state index >= 15 is 0 Å². The van der Waals surface area contributed by atoms with Gasteiger partial charge in [0.05, 0.1) is 0 Å². The minimum absolute atomic E-state index is 0.00828. The Kier molecular flexibility index (Phi) is 30.3. The summed E-state index contributed by atoms with van der Waals surface area (Å²) in [7, 11) is 0. The highest BCUT2D eigenvalue weighted by molar-refractivity contribution is 5.94. The number of hydrogen-bond donors (Lipinski definition) is 2. The van der Waals surface area contributed by atoms with Gasteiger partial charge in [-0.3, -0.25) is 9.59 Å². The molecule has 0 atom stereocenters. The van der Waals surface area contributed by atoms with Gasteiger partial charge >= 0.3 is 0 Å². The summed E-state index contributed by atoms with van der Waals surface area (Å²) in [6.45, 7) is 4.55. The number of hydrogen-bond acceptors (Lipinski definition) is 2. The predicted molar refractivity (Wildman–Crippen MR) is 211 cm³/mol. The van der Waals surface area contributed by atoms with Crippen molar-refractivity contribution in [2.24, 2.45) is 0 Å². The average Bonchev–Trinajstić information content (AvgIpc) is 3.08. The molecule has 0 radical (unpaired) electrons. The molecule has 0 aliphatic heterocycles. The monoisotopic (exact) mass is 665 g/mol. The van der Waals surface area contributed by atoms with Gasteiger partial charge in [0.1, 0.15) is 0 Å². The van der Waals surface area contributed by atoms with Gasteiger partial charge < -0.3 is 10.6 Å². The first kappa shape index (κ1) is 43.7. The maximum Gasteiger partial charge on any atom is 0.224 e. The Hall–Kier alpha value is -2.28. The molecule has 1 aromatic carbocycles. The van der Waals surface area contributed by atoms with Crippen LogP contribution in [0.3, 0.4) is 0 Å². The Morgan fingerprint density at radius 2 is 0.688 bits per heavy atom. The molecule has 48 heavy (non-hydrogen) atoms. The van der Waals surface area contributed by atoms with Gasteiger partial charge in [0, 0.05) is 29.8 Å². The highest BCUT2D eigenvalue weighted by Gasteiger charge is 2.08. The lowest BCUT2D eigenvalue weighted by molar-refractivity contribution is -0.117. The zero-order valence-corrected chi connectivity index (χ0v) is 31.8. The number of rotatable bonds is 34. The number of carbonyl (C=O) groups is 2. The lowest BCUT2D eigenvalue weighted by Crippen LogP contribution is -2.14. The highest BCUT2D eigenvalue weighted by Crippen LogP contribution is 2.21. The minimum Gasteiger partial charge on any atom is -0.326 e. The van der Waals surface area contributed by atoms with Crippen molar-refractivity contribution in [3.8, 4) is 12.3 Å². The van der Waals surface area contributed by atoms with Crippen LogP contribution in [-0.4, -0.2) is 11.8 Å². The zero-order valence-electron chi connectivity index (χ0n) is 31.8. The minimum atomic E-state index is 0.00828. The van der Waals surface area contributed by atoms with Crippen LogP contribution in [0.25, 0.3) is 0 Å². The number of carbonyl (C=O) groups excluding carboxylic acids is 2. The summed E-state index contributed by atoms with van der Waals surface area (Å²) in [5.41, 5.74) is 1.96. The van der Waals surface area contributed by atoms with Gasteiger partial charge in [-0.05, 0) is 31.0 Å². The molecule has 0 unspecified atom stereocenters. The van der Waals surface area contributed by atoms with Crippen molar-refractivity contribution >= 4 is 23.2 Å². The van der Waals surface area contributed by atoms with Crippen LogP contribution >= 0.6 is 0 Å². The Morgan fingerprint density at radius 1 is 0.438 bits per heavy atom. The van der Waals surface area contributed by atoms with E-state index in [2.05, 4.69) is 30.4 Å². The fraction of sp³-hybridized carbons (Fsp3) is 0.773. The fourth-order valence-electron chi connectivity index (χ4n) is 6.62. The van der Waals surface area contributed by atoms with Crippen molar-refractivity contribution < 1.29 is 9.59 Å². The van der Waals surface area contributed by atoms with Crippen LogP contribution in [0, 0.1) is 12.3 Å². The summed E-state index contributed by atoms with van der Waals surface area (Å²) >= 11 is 0. The zero-order chi connectivity index (χ0) is 34.8. The first-order valence-electron chi connectivity index (χ1n) is 20.8. The fourth-order valence-corrected chi connectivity index (χ4v) is 6.62. The third-order valence-electron chi connectivity index (χ3n) is 9.68. The molecule has 1 rings (SSSR count). The van der Waals surface area contributed by atoms with Crippen LogP contribution in [-0.2, 0) is 9.59 Å². The quantitative estimate of drug-likeness (QED) is 0.0569. The molecule has 0 aromatic heterocycles.